The van der Waals surface area contributed by atoms with Crippen molar-refractivity contribution in [2.24, 2.45) is 0 Å². The second-order valence-corrected chi connectivity index (χ2v) is 8.78. The molecule has 2 aliphatic heterocycles. The first-order valence-electron chi connectivity index (χ1n) is 11.9. The van der Waals surface area contributed by atoms with E-state index in [4.69, 9.17) is 4.74 Å². The number of nitrogens with zero attached hydrogens (tertiary/aromatic N) is 3. The van der Waals surface area contributed by atoms with Gasteiger partial charge in [0.15, 0.2) is 0 Å². The minimum absolute atomic E-state index is 0.0115. The van der Waals surface area contributed by atoms with Crippen molar-refractivity contribution in [2.75, 3.05) is 47.8 Å². The van der Waals surface area contributed by atoms with E-state index in [-0.39, 0.29) is 18.0 Å². The molecule has 1 fully saturated rings. The first-order chi connectivity index (χ1) is 16.0. The number of likely N-dealkylation sites (tertiary alicyclic amines) is 1. The maximum Gasteiger partial charge on any atom is 0.414 e. The third-order valence-corrected chi connectivity index (χ3v) is 6.68. The smallest absolute Gasteiger partial charge is 0.414 e. The summed E-state index contributed by atoms with van der Waals surface area (Å²) in [6, 6.07) is 14.2. The molecule has 1 N–H and O–H groups in total. The molecule has 2 amide bonds. The van der Waals surface area contributed by atoms with Crippen LogP contribution in [0.1, 0.15) is 37.8 Å². The first kappa shape index (κ1) is 23.1. The van der Waals surface area contributed by atoms with E-state index in [1.165, 1.54) is 0 Å². The molecule has 1 saturated heterocycles. The van der Waals surface area contributed by atoms with Crippen LogP contribution < -0.4 is 15.1 Å². The molecule has 4 rings (SSSR count). The minimum atomic E-state index is -0.263. The zero-order valence-corrected chi connectivity index (χ0v) is 19.8. The van der Waals surface area contributed by atoms with Crippen LogP contribution >= 0.6 is 0 Å². The predicted molar refractivity (Wildman–Crippen MR) is 132 cm³/mol. The third kappa shape index (κ3) is 5.14. The van der Waals surface area contributed by atoms with E-state index in [1.54, 1.807) is 0 Å². The standard InChI is InChI=1S/C26H34N4O3/c1-4-29(5-2)22-11-9-21(10-12-22)27-24(31)17-28-15-13-23(14-16-28)30-25-19(3)7-6-8-20(25)18-33-26(30)32/h6-12,23H,4-5,13-18H2,1-3H3,(H,27,31). The molecule has 0 unspecified atom stereocenters. The van der Waals surface area contributed by atoms with Gasteiger partial charge < -0.3 is 15.0 Å². The van der Waals surface area contributed by atoms with E-state index in [0.29, 0.717) is 13.2 Å². The highest BCUT2D eigenvalue weighted by molar-refractivity contribution is 5.93. The summed E-state index contributed by atoms with van der Waals surface area (Å²) in [6.07, 6.45) is 1.37. The van der Waals surface area contributed by atoms with Gasteiger partial charge in [0, 0.05) is 49.2 Å². The Kier molecular flexibility index (Phi) is 7.18. The van der Waals surface area contributed by atoms with Crippen molar-refractivity contribution in [2.45, 2.75) is 46.3 Å². The molecule has 2 aromatic carbocycles. The van der Waals surface area contributed by atoms with Crippen molar-refractivity contribution in [3.63, 3.8) is 0 Å². The SMILES string of the molecule is CCN(CC)c1ccc(NC(=O)CN2CCC(N3C(=O)OCc4cccc(C)c43)CC2)cc1. The number of hydrogen-bond donors (Lipinski definition) is 1. The fraction of sp³-hybridized carbons (Fsp3) is 0.462. The van der Waals surface area contributed by atoms with Crippen molar-refractivity contribution in [3.05, 3.63) is 53.6 Å². The number of anilines is 3. The molecule has 0 saturated carbocycles. The van der Waals surface area contributed by atoms with Gasteiger partial charge in [0.2, 0.25) is 5.91 Å². The Morgan fingerprint density at radius 3 is 2.45 bits per heavy atom. The molecule has 0 atom stereocenters. The molecule has 0 radical (unpaired) electrons. The zero-order chi connectivity index (χ0) is 23.4. The van der Waals surface area contributed by atoms with Crippen LogP contribution in [-0.2, 0) is 16.1 Å². The molecule has 7 heteroatoms. The van der Waals surface area contributed by atoms with Gasteiger partial charge in [0.05, 0.1) is 12.2 Å². The summed E-state index contributed by atoms with van der Waals surface area (Å²) >= 11 is 0. The fourth-order valence-corrected chi connectivity index (χ4v) is 4.90. The van der Waals surface area contributed by atoms with Crippen LogP contribution in [0.4, 0.5) is 21.9 Å². The average molecular weight is 451 g/mol. The van der Waals surface area contributed by atoms with Gasteiger partial charge in [-0.1, -0.05) is 18.2 Å². The quantitative estimate of drug-likeness (QED) is 0.677. The summed E-state index contributed by atoms with van der Waals surface area (Å²) < 4.78 is 5.43. The highest BCUT2D eigenvalue weighted by atomic mass is 16.6. The molecule has 2 aromatic rings. The molecular formula is C26H34N4O3. The number of piperidine rings is 1. The average Bonchev–Trinajstić information content (AvgIpc) is 2.82. The van der Waals surface area contributed by atoms with Gasteiger partial charge in [-0.05, 0) is 63.4 Å². The number of fused-ring (bicyclic) bond motifs is 1. The topological polar surface area (TPSA) is 65.1 Å². The summed E-state index contributed by atoms with van der Waals surface area (Å²) in [6.45, 7) is 10.4. The summed E-state index contributed by atoms with van der Waals surface area (Å²) in [4.78, 5) is 31.5. The Hall–Kier alpha value is -3.06. The van der Waals surface area contributed by atoms with E-state index in [9.17, 15) is 9.59 Å². The number of nitrogens with one attached hydrogen (secondary N) is 1. The fourth-order valence-electron chi connectivity index (χ4n) is 4.90. The van der Waals surface area contributed by atoms with Crippen molar-refractivity contribution >= 4 is 29.1 Å². The Morgan fingerprint density at radius 2 is 1.79 bits per heavy atom. The number of para-hydroxylation sites is 1. The van der Waals surface area contributed by atoms with Crippen LogP contribution in [0.5, 0.6) is 0 Å². The molecule has 176 valence electrons. The van der Waals surface area contributed by atoms with Gasteiger partial charge in [-0.15, -0.1) is 0 Å². The van der Waals surface area contributed by atoms with E-state index in [2.05, 4.69) is 29.0 Å². The van der Waals surface area contributed by atoms with Crippen LogP contribution in [0.15, 0.2) is 42.5 Å². The number of rotatable bonds is 7. The summed E-state index contributed by atoms with van der Waals surface area (Å²) in [7, 11) is 0. The van der Waals surface area contributed by atoms with Crippen molar-refractivity contribution in [1.29, 1.82) is 0 Å². The molecule has 0 bridgehead atoms. The number of amides is 2. The monoisotopic (exact) mass is 450 g/mol. The molecular weight excluding hydrogens is 416 g/mol. The Balaban J connectivity index is 1.31. The maximum absolute atomic E-state index is 12.6. The third-order valence-electron chi connectivity index (χ3n) is 6.68. The van der Waals surface area contributed by atoms with E-state index in [0.717, 1.165) is 67.2 Å². The molecule has 2 aliphatic rings. The maximum atomic E-state index is 12.6. The van der Waals surface area contributed by atoms with Crippen molar-refractivity contribution in [1.82, 2.24) is 4.90 Å². The second-order valence-electron chi connectivity index (χ2n) is 8.78. The van der Waals surface area contributed by atoms with Crippen LogP contribution in [-0.4, -0.2) is 55.7 Å². The highest BCUT2D eigenvalue weighted by Gasteiger charge is 2.35. The number of carbonyl (C=O) groups excluding carboxylic acids is 2. The number of cyclic esters (lactones) is 1. The first-order valence-corrected chi connectivity index (χ1v) is 11.9. The number of aryl methyl sites for hydroxylation is 1. The lowest BCUT2D eigenvalue weighted by molar-refractivity contribution is -0.117. The van der Waals surface area contributed by atoms with E-state index in [1.807, 2.05) is 54.3 Å². The number of benzene rings is 2. The molecule has 33 heavy (non-hydrogen) atoms. The molecule has 0 aromatic heterocycles. The number of carbonyl (C=O) groups is 2. The Labute approximate surface area is 196 Å². The molecule has 0 spiro atoms. The van der Waals surface area contributed by atoms with Crippen LogP contribution in [0.2, 0.25) is 0 Å². The predicted octanol–water partition coefficient (Wildman–Crippen LogP) is 4.40. The lowest BCUT2D eigenvalue weighted by Gasteiger charge is -2.40. The van der Waals surface area contributed by atoms with Crippen molar-refractivity contribution in [3.8, 4) is 0 Å². The van der Waals surface area contributed by atoms with Gasteiger partial charge in [0.25, 0.3) is 0 Å². The lowest BCUT2D eigenvalue weighted by Crippen LogP contribution is -2.50. The van der Waals surface area contributed by atoms with E-state index < -0.39 is 0 Å². The number of ether oxygens (including phenoxy) is 1. The highest BCUT2D eigenvalue weighted by Crippen LogP contribution is 2.34. The minimum Gasteiger partial charge on any atom is -0.444 e. The van der Waals surface area contributed by atoms with Crippen molar-refractivity contribution < 1.29 is 14.3 Å². The largest absolute Gasteiger partial charge is 0.444 e. The number of hydrogen-bond acceptors (Lipinski definition) is 5. The van der Waals surface area contributed by atoms with Gasteiger partial charge in [-0.2, -0.15) is 0 Å². The van der Waals surface area contributed by atoms with Gasteiger partial charge in [-0.3, -0.25) is 14.6 Å². The molecule has 2 heterocycles. The van der Waals surface area contributed by atoms with E-state index >= 15 is 0 Å². The lowest BCUT2D eigenvalue weighted by atomic mass is 9.99. The van der Waals surface area contributed by atoms with Crippen LogP contribution in [0, 0.1) is 6.92 Å². The summed E-state index contributed by atoms with van der Waals surface area (Å²) in [5, 5.41) is 3.01. The van der Waals surface area contributed by atoms with Crippen LogP contribution in [0.25, 0.3) is 0 Å². The van der Waals surface area contributed by atoms with Gasteiger partial charge >= 0.3 is 6.09 Å². The van der Waals surface area contributed by atoms with Crippen LogP contribution in [0.3, 0.4) is 0 Å². The normalized spacial score (nSPS) is 16.8. The second kappa shape index (κ2) is 10.3. The Bertz CT molecular complexity index is 980. The van der Waals surface area contributed by atoms with Gasteiger partial charge in [0.1, 0.15) is 6.61 Å². The molecule has 7 nitrogen and oxygen atoms in total. The zero-order valence-electron chi connectivity index (χ0n) is 19.8. The molecule has 0 aliphatic carbocycles. The summed E-state index contributed by atoms with van der Waals surface area (Å²) in [5.74, 6) is -0.0115. The summed E-state index contributed by atoms with van der Waals surface area (Å²) in [5.41, 5.74) is 5.13. The Morgan fingerprint density at radius 1 is 1.09 bits per heavy atom. The van der Waals surface area contributed by atoms with Gasteiger partial charge in [-0.25, -0.2) is 4.79 Å².